The van der Waals surface area contributed by atoms with Crippen LogP contribution >= 0.6 is 0 Å². The van der Waals surface area contributed by atoms with Crippen LogP contribution in [0.1, 0.15) is 13.8 Å². The summed E-state index contributed by atoms with van der Waals surface area (Å²) in [4.78, 5) is 14.4. The van der Waals surface area contributed by atoms with Gasteiger partial charge in [0.25, 0.3) is 5.56 Å². The third-order valence-electron chi connectivity index (χ3n) is 10.1. The van der Waals surface area contributed by atoms with Crippen LogP contribution in [0.3, 0.4) is 0 Å². The van der Waals surface area contributed by atoms with Crippen LogP contribution in [0.5, 0.6) is 0 Å². The highest BCUT2D eigenvalue weighted by Gasteiger charge is 2.19. The Morgan fingerprint density at radius 2 is 0.980 bits per heavy atom. The number of rotatable bonds is 3. The second kappa shape index (κ2) is 11.5. The number of hydrogen-bond donors (Lipinski definition) is 0. The molecule has 0 saturated heterocycles. The van der Waals surface area contributed by atoms with Crippen molar-refractivity contribution in [2.45, 2.75) is 13.8 Å². The minimum Gasteiger partial charge on any atom is -0.276 e. The number of nitrogens with zero attached hydrogens (tertiary/aromatic N) is 1. The third kappa shape index (κ3) is 4.52. The van der Waals surface area contributed by atoms with E-state index >= 15 is 0 Å². The van der Waals surface area contributed by atoms with E-state index in [1.54, 1.807) is 0 Å². The Morgan fingerprint density at radius 3 is 1.63 bits per heavy atom. The lowest BCUT2D eigenvalue weighted by Gasteiger charge is -2.19. The molecular weight excluding hydrogens is 595 g/mol. The molecule has 8 aromatic carbocycles. The molecule has 0 saturated carbocycles. The van der Waals surface area contributed by atoms with Crippen molar-refractivity contribution >= 4 is 66.1 Å². The average molecular weight is 628 g/mol. The van der Waals surface area contributed by atoms with Crippen molar-refractivity contribution in [1.82, 2.24) is 4.57 Å². The minimum absolute atomic E-state index is 0.0168. The minimum atomic E-state index is -0.0168. The van der Waals surface area contributed by atoms with Gasteiger partial charge in [0.2, 0.25) is 0 Å². The molecule has 2 nitrogen and oxygen atoms in total. The Bertz CT molecular complexity index is 2930. The normalized spacial score (nSPS) is 12.6. The molecule has 0 amide bonds. The van der Waals surface area contributed by atoms with Crippen LogP contribution in [-0.4, -0.2) is 4.57 Å². The first-order valence-corrected chi connectivity index (χ1v) is 16.9. The fourth-order valence-corrected chi connectivity index (χ4v) is 7.80. The molecule has 0 aliphatic rings. The number of hydrogen-bond acceptors (Lipinski definition) is 1. The van der Waals surface area contributed by atoms with Crippen molar-refractivity contribution < 1.29 is 0 Å². The molecule has 9 rings (SSSR count). The molecular formula is C47H33NO. The number of aromatic nitrogens is 1. The van der Waals surface area contributed by atoms with E-state index in [0.717, 1.165) is 38.0 Å². The maximum atomic E-state index is 14.4. The number of fused-ring (bicyclic) bond motifs is 6. The zero-order valence-corrected chi connectivity index (χ0v) is 27.4. The Hall–Kier alpha value is -6.25. The van der Waals surface area contributed by atoms with E-state index in [9.17, 15) is 4.79 Å². The predicted molar refractivity (Wildman–Crippen MR) is 210 cm³/mol. The van der Waals surface area contributed by atoms with Crippen molar-refractivity contribution in [3.8, 4) is 27.9 Å². The van der Waals surface area contributed by atoms with Gasteiger partial charge < -0.3 is 0 Å². The molecule has 1 aromatic heterocycles. The van der Waals surface area contributed by atoms with Crippen molar-refractivity contribution in [2.75, 3.05) is 0 Å². The standard InChI is InChI=1S/C47H33NO/c1-3-30-23-25-36(28-31(30)4-2)48-44-20-12-11-15-37(44)43-29-35(24-26-42(43)47(48)49)46-40-18-9-7-16-38(40)45(39-17-8-10-19-41(39)46)34-22-21-32-13-5-6-14-33(32)27-34/h3-29H,1-2H3/b30-3-,31-4-. The fraction of sp³-hybridized carbons (Fsp3) is 0.0426. The SMILES string of the molecule is C/C=c1/ccc(-n2c(=O)c3ccc(-c4c5ccccc5c(-c5ccc6ccccc6c5)c5ccccc45)cc3c3ccccc32)c/c1=C/C. The summed E-state index contributed by atoms with van der Waals surface area (Å²) in [7, 11) is 0. The third-order valence-corrected chi connectivity index (χ3v) is 10.1. The molecule has 2 heteroatoms. The van der Waals surface area contributed by atoms with E-state index in [0.29, 0.717) is 5.39 Å². The summed E-state index contributed by atoms with van der Waals surface area (Å²) in [6.45, 7) is 4.08. The summed E-state index contributed by atoms with van der Waals surface area (Å²) in [5, 5.41) is 12.2. The Morgan fingerprint density at radius 1 is 0.429 bits per heavy atom. The molecule has 0 unspecified atom stereocenters. The van der Waals surface area contributed by atoms with Gasteiger partial charge in [0.15, 0.2) is 0 Å². The molecule has 0 spiro atoms. The number of pyridine rings is 1. The Labute approximate surface area is 284 Å². The molecule has 0 aliphatic carbocycles. The highest BCUT2D eigenvalue weighted by atomic mass is 16.1. The lowest BCUT2D eigenvalue weighted by molar-refractivity contribution is 1.06. The van der Waals surface area contributed by atoms with Crippen molar-refractivity contribution in [3.63, 3.8) is 0 Å². The largest absolute Gasteiger partial charge is 0.276 e. The smallest absolute Gasteiger partial charge is 0.263 e. The van der Waals surface area contributed by atoms with Crippen LogP contribution in [0.4, 0.5) is 0 Å². The molecule has 49 heavy (non-hydrogen) atoms. The number of benzene rings is 8. The van der Waals surface area contributed by atoms with Gasteiger partial charge in [-0.05, 0) is 121 Å². The van der Waals surface area contributed by atoms with Crippen LogP contribution in [0.25, 0.3) is 94.1 Å². The van der Waals surface area contributed by atoms with Crippen LogP contribution in [0.2, 0.25) is 0 Å². The van der Waals surface area contributed by atoms with Gasteiger partial charge in [-0.1, -0.05) is 127 Å². The second-order valence-electron chi connectivity index (χ2n) is 12.7. The monoisotopic (exact) mass is 627 g/mol. The van der Waals surface area contributed by atoms with Gasteiger partial charge in [-0.2, -0.15) is 0 Å². The van der Waals surface area contributed by atoms with E-state index in [1.165, 1.54) is 49.0 Å². The zero-order valence-electron chi connectivity index (χ0n) is 27.4. The van der Waals surface area contributed by atoms with Crippen LogP contribution < -0.4 is 16.0 Å². The maximum absolute atomic E-state index is 14.4. The van der Waals surface area contributed by atoms with Gasteiger partial charge in [0.1, 0.15) is 0 Å². The first-order valence-electron chi connectivity index (χ1n) is 16.9. The molecule has 232 valence electrons. The first-order chi connectivity index (χ1) is 24.1. The molecule has 0 bridgehead atoms. The zero-order chi connectivity index (χ0) is 33.1. The molecule has 0 aliphatic heterocycles. The predicted octanol–water partition coefficient (Wildman–Crippen LogP) is 10.5. The van der Waals surface area contributed by atoms with Gasteiger partial charge in [-0.25, -0.2) is 0 Å². The molecule has 0 atom stereocenters. The van der Waals surface area contributed by atoms with Gasteiger partial charge in [0.05, 0.1) is 5.52 Å². The number of para-hydroxylation sites is 1. The second-order valence-corrected chi connectivity index (χ2v) is 12.7. The lowest BCUT2D eigenvalue weighted by Crippen LogP contribution is -2.27. The van der Waals surface area contributed by atoms with Crippen LogP contribution in [0, 0.1) is 0 Å². The first kappa shape index (κ1) is 28.9. The Balaban J connectivity index is 1.34. The van der Waals surface area contributed by atoms with Crippen LogP contribution in [0.15, 0.2) is 156 Å². The van der Waals surface area contributed by atoms with Gasteiger partial charge in [0, 0.05) is 16.5 Å². The van der Waals surface area contributed by atoms with Gasteiger partial charge in [-0.3, -0.25) is 9.36 Å². The van der Waals surface area contributed by atoms with E-state index in [-0.39, 0.29) is 5.56 Å². The maximum Gasteiger partial charge on any atom is 0.263 e. The molecule has 1 heterocycles. The van der Waals surface area contributed by atoms with Crippen molar-refractivity contribution in [1.29, 1.82) is 0 Å². The lowest BCUT2D eigenvalue weighted by atomic mass is 9.85. The summed E-state index contributed by atoms with van der Waals surface area (Å²) >= 11 is 0. The molecule has 9 aromatic rings. The highest BCUT2D eigenvalue weighted by Crippen LogP contribution is 2.44. The summed E-state index contributed by atoms with van der Waals surface area (Å²) in [5.41, 5.74) is 6.47. The van der Waals surface area contributed by atoms with Gasteiger partial charge >= 0.3 is 0 Å². The van der Waals surface area contributed by atoms with Crippen molar-refractivity contribution in [2.24, 2.45) is 0 Å². The fourth-order valence-electron chi connectivity index (χ4n) is 7.80. The topological polar surface area (TPSA) is 22.0 Å². The molecule has 0 fully saturated rings. The Kier molecular flexibility index (Phi) is 6.77. The summed E-state index contributed by atoms with van der Waals surface area (Å²) in [6, 6.07) is 53.7. The van der Waals surface area contributed by atoms with Gasteiger partial charge in [-0.15, -0.1) is 0 Å². The summed E-state index contributed by atoms with van der Waals surface area (Å²) in [6.07, 6.45) is 4.20. The average Bonchev–Trinajstić information content (AvgIpc) is 3.16. The summed E-state index contributed by atoms with van der Waals surface area (Å²) < 4.78 is 1.87. The van der Waals surface area contributed by atoms with E-state index in [4.69, 9.17) is 0 Å². The highest BCUT2D eigenvalue weighted by molar-refractivity contribution is 6.22. The molecule has 0 radical (unpaired) electrons. The van der Waals surface area contributed by atoms with Crippen molar-refractivity contribution in [3.05, 3.63) is 172 Å². The van der Waals surface area contributed by atoms with E-state index in [1.807, 2.05) is 36.6 Å². The van der Waals surface area contributed by atoms with Crippen LogP contribution in [-0.2, 0) is 0 Å². The molecule has 0 N–H and O–H groups in total. The summed E-state index contributed by atoms with van der Waals surface area (Å²) in [5.74, 6) is 0. The quantitative estimate of drug-likeness (QED) is 0.141. The van der Waals surface area contributed by atoms with E-state index in [2.05, 4.69) is 146 Å². The van der Waals surface area contributed by atoms with E-state index < -0.39 is 0 Å².